The van der Waals surface area contributed by atoms with Crippen molar-refractivity contribution in [2.75, 3.05) is 10.9 Å². The maximum Gasteiger partial charge on any atom is 0.269 e. The molecule has 3 aromatic rings. The number of non-ortho nitro benzene ring substituents is 2. The van der Waals surface area contributed by atoms with Crippen molar-refractivity contribution in [3.63, 3.8) is 0 Å². The number of hydrogen-bond donors (Lipinski definition) is 2. The van der Waals surface area contributed by atoms with Crippen LogP contribution in [0, 0.1) is 47.9 Å². The third kappa shape index (κ3) is 5.41. The Balaban J connectivity index is 1.76. The van der Waals surface area contributed by atoms with Gasteiger partial charge in [0, 0.05) is 35.4 Å². The summed E-state index contributed by atoms with van der Waals surface area (Å²) in [6.45, 7) is 8.04. The molecule has 0 fully saturated rings. The van der Waals surface area contributed by atoms with Gasteiger partial charge in [0.1, 0.15) is 0 Å². The Labute approximate surface area is 196 Å². The number of anilines is 2. The molecule has 0 bridgehead atoms. The highest BCUT2D eigenvalue weighted by Crippen LogP contribution is 2.25. The van der Waals surface area contributed by atoms with Gasteiger partial charge in [0.05, 0.1) is 33.7 Å². The van der Waals surface area contributed by atoms with Gasteiger partial charge in [0.25, 0.3) is 11.4 Å². The molecule has 0 aliphatic heterocycles. The van der Waals surface area contributed by atoms with E-state index in [4.69, 9.17) is 0 Å². The Morgan fingerprint density at radius 2 is 0.912 bits per heavy atom. The quantitative estimate of drug-likeness (QED) is 0.254. The van der Waals surface area contributed by atoms with E-state index in [0.29, 0.717) is 11.4 Å². The molecule has 2 N–H and O–H groups in total. The molecule has 0 aromatic heterocycles. The van der Waals surface area contributed by atoms with E-state index in [-0.39, 0.29) is 11.4 Å². The molecule has 0 unspecified atom stereocenters. The summed E-state index contributed by atoms with van der Waals surface area (Å²) < 4.78 is 0. The monoisotopic (exact) mass is 460 g/mol. The van der Waals surface area contributed by atoms with E-state index < -0.39 is 9.85 Å². The molecule has 10 heteroatoms. The molecule has 0 aliphatic carbocycles. The van der Waals surface area contributed by atoms with E-state index in [2.05, 4.69) is 21.1 Å². The second-order valence-electron chi connectivity index (χ2n) is 7.68. The van der Waals surface area contributed by atoms with Crippen LogP contribution in [0.25, 0.3) is 0 Å². The zero-order chi connectivity index (χ0) is 24.8. The average molecular weight is 460 g/mol. The third-order valence-corrected chi connectivity index (χ3v) is 5.67. The topological polar surface area (TPSA) is 135 Å². The van der Waals surface area contributed by atoms with Crippen molar-refractivity contribution < 1.29 is 9.85 Å². The largest absolute Gasteiger partial charge is 0.278 e. The van der Waals surface area contributed by atoms with Crippen molar-refractivity contribution in [3.8, 4) is 0 Å². The van der Waals surface area contributed by atoms with Gasteiger partial charge in [-0.1, -0.05) is 0 Å². The number of benzene rings is 3. The van der Waals surface area contributed by atoms with Crippen molar-refractivity contribution in [2.24, 2.45) is 10.2 Å². The lowest BCUT2D eigenvalue weighted by Gasteiger charge is -2.16. The van der Waals surface area contributed by atoms with Crippen molar-refractivity contribution in [1.82, 2.24) is 0 Å². The number of nitro groups is 2. The first kappa shape index (κ1) is 24.1. The van der Waals surface area contributed by atoms with Gasteiger partial charge >= 0.3 is 0 Å². The Bertz CT molecular complexity index is 1150. The minimum atomic E-state index is -0.447. The Hall–Kier alpha value is -4.60. The van der Waals surface area contributed by atoms with Crippen LogP contribution in [-0.2, 0) is 0 Å². The van der Waals surface area contributed by atoms with Crippen molar-refractivity contribution in [2.45, 2.75) is 27.7 Å². The highest BCUT2D eigenvalue weighted by atomic mass is 16.6. The lowest BCUT2D eigenvalue weighted by Crippen LogP contribution is -2.06. The molecule has 3 rings (SSSR count). The molecule has 0 saturated heterocycles. The summed E-state index contributed by atoms with van der Waals surface area (Å²) in [5.41, 5.74) is 13.3. The first-order valence-corrected chi connectivity index (χ1v) is 10.4. The normalized spacial score (nSPS) is 11.2. The van der Waals surface area contributed by atoms with Gasteiger partial charge in [0.15, 0.2) is 0 Å². The molecule has 34 heavy (non-hydrogen) atoms. The molecule has 174 valence electrons. The number of rotatable bonds is 8. The molecule has 0 amide bonds. The van der Waals surface area contributed by atoms with Gasteiger partial charge in [-0.15, -0.1) is 0 Å². The minimum absolute atomic E-state index is 0.0211. The first-order chi connectivity index (χ1) is 16.2. The maximum atomic E-state index is 10.8. The third-order valence-electron chi connectivity index (χ3n) is 5.67. The zero-order valence-electron chi connectivity index (χ0n) is 19.2. The average Bonchev–Trinajstić information content (AvgIpc) is 2.82. The Morgan fingerprint density at radius 3 is 1.18 bits per heavy atom. The molecular formula is C24H24N6O4. The fourth-order valence-corrected chi connectivity index (χ4v) is 3.42. The van der Waals surface area contributed by atoms with E-state index in [1.807, 2.05) is 27.7 Å². The van der Waals surface area contributed by atoms with Gasteiger partial charge in [0.2, 0.25) is 0 Å². The SMILES string of the molecule is Cc1c(C)c(C=NNc2ccc([N+](=O)[O-])cc2)c(C)c(C)c1C=NNc1ccc([N+](=O)[O-])cc1. The summed E-state index contributed by atoms with van der Waals surface area (Å²) >= 11 is 0. The molecule has 10 nitrogen and oxygen atoms in total. The second-order valence-corrected chi connectivity index (χ2v) is 7.68. The molecule has 0 aliphatic rings. The van der Waals surface area contributed by atoms with Crippen LogP contribution in [0.2, 0.25) is 0 Å². The number of hydrazone groups is 2. The van der Waals surface area contributed by atoms with Crippen LogP contribution in [0.4, 0.5) is 22.7 Å². The molecule has 0 radical (unpaired) electrons. The summed E-state index contributed by atoms with van der Waals surface area (Å²) in [5, 5.41) is 30.1. The standard InChI is InChI=1S/C24H24N6O4/c1-15-16(2)24(14-26-28-20-7-11-22(12-8-20)30(33)34)18(4)17(3)23(15)13-25-27-19-5-9-21(10-6-19)29(31)32/h5-14,27-28H,1-4H3. The molecule has 0 saturated carbocycles. The Kier molecular flexibility index (Phi) is 7.32. The van der Waals surface area contributed by atoms with E-state index in [0.717, 1.165) is 33.4 Å². The second kappa shape index (κ2) is 10.3. The predicted octanol–water partition coefficient (Wildman–Crippen LogP) is 5.63. The Morgan fingerprint density at radius 1 is 0.618 bits per heavy atom. The zero-order valence-corrected chi connectivity index (χ0v) is 19.2. The summed E-state index contributed by atoms with van der Waals surface area (Å²) in [6.07, 6.45) is 3.48. The summed E-state index contributed by atoms with van der Waals surface area (Å²) in [6, 6.07) is 12.1. The fourth-order valence-electron chi connectivity index (χ4n) is 3.42. The van der Waals surface area contributed by atoms with Crippen LogP contribution < -0.4 is 10.9 Å². The van der Waals surface area contributed by atoms with Crippen LogP contribution in [-0.4, -0.2) is 22.3 Å². The predicted molar refractivity (Wildman–Crippen MR) is 134 cm³/mol. The molecule has 0 heterocycles. The van der Waals surface area contributed by atoms with Gasteiger partial charge in [-0.05, 0) is 74.2 Å². The van der Waals surface area contributed by atoms with Gasteiger partial charge in [-0.2, -0.15) is 10.2 Å². The lowest BCUT2D eigenvalue weighted by molar-refractivity contribution is -0.385. The van der Waals surface area contributed by atoms with E-state index in [1.54, 1.807) is 36.7 Å². The lowest BCUT2D eigenvalue weighted by atomic mass is 9.90. The van der Waals surface area contributed by atoms with Crippen LogP contribution in [0.15, 0.2) is 58.7 Å². The molecule has 3 aromatic carbocycles. The summed E-state index contributed by atoms with van der Waals surface area (Å²) in [7, 11) is 0. The minimum Gasteiger partial charge on any atom is -0.278 e. The van der Waals surface area contributed by atoms with E-state index in [1.165, 1.54) is 24.3 Å². The smallest absolute Gasteiger partial charge is 0.269 e. The van der Waals surface area contributed by atoms with Crippen LogP contribution >= 0.6 is 0 Å². The number of nitrogens with one attached hydrogen (secondary N) is 2. The maximum absolute atomic E-state index is 10.8. The molecule has 0 atom stereocenters. The molecular weight excluding hydrogens is 436 g/mol. The number of nitro benzene ring substituents is 2. The highest BCUT2D eigenvalue weighted by molar-refractivity contribution is 5.92. The van der Waals surface area contributed by atoms with Gasteiger partial charge in [-0.25, -0.2) is 0 Å². The molecule has 0 spiro atoms. The summed E-state index contributed by atoms with van der Waals surface area (Å²) in [5.74, 6) is 0. The number of nitrogens with zero attached hydrogens (tertiary/aromatic N) is 4. The van der Waals surface area contributed by atoms with Crippen LogP contribution in [0.1, 0.15) is 33.4 Å². The van der Waals surface area contributed by atoms with Crippen molar-refractivity contribution in [3.05, 3.63) is 102 Å². The summed E-state index contributed by atoms with van der Waals surface area (Å²) in [4.78, 5) is 20.6. The van der Waals surface area contributed by atoms with Crippen molar-refractivity contribution in [1.29, 1.82) is 0 Å². The number of hydrogen-bond acceptors (Lipinski definition) is 8. The van der Waals surface area contributed by atoms with Crippen LogP contribution in [0.3, 0.4) is 0 Å². The first-order valence-electron chi connectivity index (χ1n) is 10.4. The van der Waals surface area contributed by atoms with Gasteiger partial charge in [-0.3, -0.25) is 31.1 Å². The van der Waals surface area contributed by atoms with Crippen LogP contribution in [0.5, 0.6) is 0 Å². The van der Waals surface area contributed by atoms with E-state index in [9.17, 15) is 20.2 Å². The van der Waals surface area contributed by atoms with E-state index >= 15 is 0 Å². The van der Waals surface area contributed by atoms with Crippen molar-refractivity contribution >= 4 is 35.2 Å². The highest BCUT2D eigenvalue weighted by Gasteiger charge is 2.13. The van der Waals surface area contributed by atoms with Gasteiger partial charge < -0.3 is 0 Å². The fraction of sp³-hybridized carbons (Fsp3) is 0.167.